The lowest BCUT2D eigenvalue weighted by Crippen LogP contribution is -2.14. The molecule has 88 valence electrons. The summed E-state index contributed by atoms with van der Waals surface area (Å²) < 4.78 is 4.70. The van der Waals surface area contributed by atoms with Gasteiger partial charge in [0.05, 0.1) is 10.5 Å². The summed E-state index contributed by atoms with van der Waals surface area (Å²) in [5, 5.41) is 19.0. The molecule has 1 rings (SSSR count). The standard InChI is InChI=1S/C10H9N3O4/c1-6(5-11)17-10(14)8-4-7(13(15)16)2-3-9(8)12/h2-4,6H,12H2,1H3. The molecule has 7 heteroatoms. The number of esters is 1. The van der Waals surface area contributed by atoms with Gasteiger partial charge in [-0.1, -0.05) is 0 Å². The molecule has 0 saturated carbocycles. The average molecular weight is 235 g/mol. The second-order valence-electron chi connectivity index (χ2n) is 3.21. The Morgan fingerprint density at radius 1 is 1.65 bits per heavy atom. The molecule has 1 aromatic rings. The van der Waals surface area contributed by atoms with Gasteiger partial charge in [0.2, 0.25) is 0 Å². The zero-order chi connectivity index (χ0) is 13.0. The minimum Gasteiger partial charge on any atom is -0.444 e. The van der Waals surface area contributed by atoms with Crippen LogP contribution in [-0.4, -0.2) is 17.0 Å². The molecule has 0 bridgehead atoms. The lowest BCUT2D eigenvalue weighted by molar-refractivity contribution is -0.384. The molecule has 0 heterocycles. The maximum absolute atomic E-state index is 11.5. The van der Waals surface area contributed by atoms with Crippen molar-refractivity contribution in [2.45, 2.75) is 13.0 Å². The highest BCUT2D eigenvalue weighted by Gasteiger charge is 2.18. The molecule has 1 aromatic carbocycles. The molecule has 0 fully saturated rings. The van der Waals surface area contributed by atoms with Crippen molar-refractivity contribution in [3.63, 3.8) is 0 Å². The molecular weight excluding hydrogens is 226 g/mol. The highest BCUT2D eigenvalue weighted by atomic mass is 16.6. The molecule has 0 spiro atoms. The number of carbonyl (C=O) groups excluding carboxylic acids is 1. The third-order valence-electron chi connectivity index (χ3n) is 1.93. The van der Waals surface area contributed by atoms with Crippen molar-refractivity contribution in [2.24, 2.45) is 0 Å². The number of non-ortho nitro benzene ring substituents is 1. The van der Waals surface area contributed by atoms with Crippen molar-refractivity contribution in [1.82, 2.24) is 0 Å². The minimum atomic E-state index is -0.943. The van der Waals surface area contributed by atoms with E-state index in [0.717, 1.165) is 6.07 Å². The Balaban J connectivity index is 3.05. The van der Waals surface area contributed by atoms with Crippen LogP contribution in [0.5, 0.6) is 0 Å². The Kier molecular flexibility index (Phi) is 3.62. The Morgan fingerprint density at radius 2 is 2.29 bits per heavy atom. The van der Waals surface area contributed by atoms with E-state index >= 15 is 0 Å². The molecule has 2 N–H and O–H groups in total. The third-order valence-corrected chi connectivity index (χ3v) is 1.93. The number of nitro benzene ring substituents is 1. The van der Waals surface area contributed by atoms with Crippen LogP contribution in [0, 0.1) is 21.4 Å². The zero-order valence-corrected chi connectivity index (χ0v) is 8.91. The van der Waals surface area contributed by atoms with E-state index in [1.165, 1.54) is 19.1 Å². The fourth-order valence-electron chi connectivity index (χ4n) is 1.08. The van der Waals surface area contributed by atoms with E-state index in [1.807, 2.05) is 0 Å². The summed E-state index contributed by atoms with van der Waals surface area (Å²) in [7, 11) is 0. The maximum Gasteiger partial charge on any atom is 0.341 e. The number of rotatable bonds is 3. The van der Waals surface area contributed by atoms with Crippen LogP contribution < -0.4 is 5.73 Å². The van der Waals surface area contributed by atoms with Crippen LogP contribution in [0.1, 0.15) is 17.3 Å². The molecule has 0 saturated heterocycles. The first kappa shape index (κ1) is 12.4. The van der Waals surface area contributed by atoms with Gasteiger partial charge in [-0.2, -0.15) is 5.26 Å². The molecule has 0 amide bonds. The summed E-state index contributed by atoms with van der Waals surface area (Å²) in [4.78, 5) is 21.4. The molecule has 0 radical (unpaired) electrons. The third kappa shape index (κ3) is 2.92. The van der Waals surface area contributed by atoms with Crippen molar-refractivity contribution < 1.29 is 14.5 Å². The summed E-state index contributed by atoms with van der Waals surface area (Å²) in [5.41, 5.74) is 5.17. The number of nitrogens with zero attached hydrogens (tertiary/aromatic N) is 2. The molecule has 0 aliphatic carbocycles. The van der Waals surface area contributed by atoms with E-state index in [9.17, 15) is 14.9 Å². The number of nitrogens with two attached hydrogens (primary N) is 1. The number of ether oxygens (including phenoxy) is 1. The maximum atomic E-state index is 11.5. The van der Waals surface area contributed by atoms with Crippen molar-refractivity contribution in [2.75, 3.05) is 5.73 Å². The summed E-state index contributed by atoms with van der Waals surface area (Å²) in [5.74, 6) is -0.861. The summed E-state index contributed by atoms with van der Waals surface area (Å²) >= 11 is 0. The van der Waals surface area contributed by atoms with Gasteiger partial charge in [0, 0.05) is 17.8 Å². The first-order valence-corrected chi connectivity index (χ1v) is 4.60. The van der Waals surface area contributed by atoms with Crippen LogP contribution in [0.2, 0.25) is 0 Å². The van der Waals surface area contributed by atoms with E-state index in [-0.39, 0.29) is 16.9 Å². The number of nitrogen functional groups attached to an aromatic ring is 1. The van der Waals surface area contributed by atoms with E-state index < -0.39 is 17.0 Å². The van der Waals surface area contributed by atoms with Gasteiger partial charge in [-0.3, -0.25) is 10.1 Å². The second-order valence-corrected chi connectivity index (χ2v) is 3.21. The van der Waals surface area contributed by atoms with Crippen LogP contribution in [-0.2, 0) is 4.74 Å². The summed E-state index contributed by atoms with van der Waals surface area (Å²) in [6, 6.07) is 5.14. The highest BCUT2D eigenvalue weighted by Crippen LogP contribution is 2.20. The number of hydrogen-bond acceptors (Lipinski definition) is 6. The molecular formula is C10H9N3O4. The first-order chi connectivity index (χ1) is 7.95. The fraction of sp³-hybridized carbons (Fsp3) is 0.200. The fourth-order valence-corrected chi connectivity index (χ4v) is 1.08. The van der Waals surface area contributed by atoms with E-state index in [4.69, 9.17) is 15.7 Å². The van der Waals surface area contributed by atoms with Gasteiger partial charge in [-0.25, -0.2) is 4.79 Å². The SMILES string of the molecule is CC(C#N)OC(=O)c1cc([N+](=O)[O-])ccc1N. The molecule has 1 unspecified atom stereocenters. The average Bonchev–Trinajstić information content (AvgIpc) is 2.28. The normalized spacial score (nSPS) is 11.3. The van der Waals surface area contributed by atoms with Crippen LogP contribution in [0.15, 0.2) is 18.2 Å². The van der Waals surface area contributed by atoms with E-state index in [2.05, 4.69) is 0 Å². The van der Waals surface area contributed by atoms with Gasteiger partial charge in [-0.05, 0) is 13.0 Å². The molecule has 1 atom stereocenters. The highest BCUT2D eigenvalue weighted by molar-refractivity contribution is 5.96. The van der Waals surface area contributed by atoms with Gasteiger partial charge < -0.3 is 10.5 Å². The number of nitro groups is 1. The van der Waals surface area contributed by atoms with E-state index in [1.54, 1.807) is 6.07 Å². The molecule has 17 heavy (non-hydrogen) atoms. The quantitative estimate of drug-likeness (QED) is 0.364. The largest absolute Gasteiger partial charge is 0.444 e. The predicted octanol–water partition coefficient (Wildman–Crippen LogP) is 1.25. The minimum absolute atomic E-state index is 0.0609. The Hall–Kier alpha value is -2.62. The lowest BCUT2D eigenvalue weighted by atomic mass is 10.1. The number of carbonyl (C=O) groups is 1. The zero-order valence-electron chi connectivity index (χ0n) is 8.91. The van der Waals surface area contributed by atoms with Crippen LogP contribution in [0.4, 0.5) is 11.4 Å². The number of anilines is 1. The van der Waals surface area contributed by atoms with Crippen LogP contribution in [0.3, 0.4) is 0 Å². The molecule has 0 aliphatic rings. The van der Waals surface area contributed by atoms with Gasteiger partial charge in [0.25, 0.3) is 5.69 Å². The van der Waals surface area contributed by atoms with E-state index in [0.29, 0.717) is 0 Å². The van der Waals surface area contributed by atoms with Gasteiger partial charge in [-0.15, -0.1) is 0 Å². The predicted molar refractivity (Wildman–Crippen MR) is 58.0 cm³/mol. The van der Waals surface area contributed by atoms with Gasteiger partial charge in [0.1, 0.15) is 6.07 Å². The Morgan fingerprint density at radius 3 is 2.82 bits per heavy atom. The topological polar surface area (TPSA) is 119 Å². The van der Waals surface area contributed by atoms with Crippen molar-refractivity contribution in [3.05, 3.63) is 33.9 Å². The van der Waals surface area contributed by atoms with Crippen molar-refractivity contribution in [3.8, 4) is 6.07 Å². The number of nitriles is 1. The van der Waals surface area contributed by atoms with Gasteiger partial charge >= 0.3 is 5.97 Å². The molecule has 7 nitrogen and oxygen atoms in total. The monoisotopic (exact) mass is 235 g/mol. The Labute approximate surface area is 96.6 Å². The Bertz CT molecular complexity index is 507. The van der Waals surface area contributed by atoms with Gasteiger partial charge in [0.15, 0.2) is 6.10 Å². The first-order valence-electron chi connectivity index (χ1n) is 4.60. The molecule has 0 aliphatic heterocycles. The van der Waals surface area contributed by atoms with Crippen molar-refractivity contribution in [1.29, 1.82) is 5.26 Å². The molecule has 0 aromatic heterocycles. The van der Waals surface area contributed by atoms with Crippen LogP contribution >= 0.6 is 0 Å². The van der Waals surface area contributed by atoms with Crippen molar-refractivity contribution >= 4 is 17.3 Å². The smallest absolute Gasteiger partial charge is 0.341 e. The second kappa shape index (κ2) is 4.94. The summed E-state index contributed by atoms with van der Waals surface area (Å²) in [6.45, 7) is 1.38. The number of benzene rings is 1. The van der Waals surface area contributed by atoms with Crippen LogP contribution in [0.25, 0.3) is 0 Å². The lowest BCUT2D eigenvalue weighted by Gasteiger charge is -2.07. The summed E-state index contributed by atoms with van der Waals surface area (Å²) in [6.07, 6.45) is -0.943. The number of hydrogen-bond donors (Lipinski definition) is 1.